The van der Waals surface area contributed by atoms with Crippen molar-refractivity contribution >= 4 is 0 Å². The second-order valence-electron chi connectivity index (χ2n) is 3.45. The lowest BCUT2D eigenvalue weighted by Gasteiger charge is -2.07. The molecule has 0 spiro atoms. The number of aromatic hydroxyl groups is 1. The minimum absolute atomic E-state index is 0.392. The molecule has 0 aliphatic heterocycles. The van der Waals surface area contributed by atoms with Crippen LogP contribution in [-0.2, 0) is 12.8 Å². The van der Waals surface area contributed by atoms with Crippen molar-refractivity contribution in [2.45, 2.75) is 39.5 Å². The number of phenolic OH excluding ortho intramolecular Hbond substituents is 1. The molecule has 0 radical (unpaired) electrons. The molecule has 0 heterocycles. The Morgan fingerprint density at radius 1 is 1.00 bits per heavy atom. The zero-order valence-electron chi connectivity index (χ0n) is 8.51. The molecule has 0 saturated carbocycles. The van der Waals surface area contributed by atoms with Crippen molar-refractivity contribution in [1.82, 2.24) is 0 Å². The van der Waals surface area contributed by atoms with Crippen LogP contribution in [0.3, 0.4) is 0 Å². The number of aryl methyl sites for hydroxylation is 2. The Morgan fingerprint density at radius 2 is 1.62 bits per heavy atom. The van der Waals surface area contributed by atoms with Crippen LogP contribution in [0, 0.1) is 0 Å². The molecule has 0 bridgehead atoms. The maximum Gasteiger partial charge on any atom is 0.115 e. The first-order valence-corrected chi connectivity index (χ1v) is 5.08. The van der Waals surface area contributed by atoms with E-state index in [0.29, 0.717) is 5.75 Å². The summed E-state index contributed by atoms with van der Waals surface area (Å²) in [6.07, 6.45) is 4.50. The first-order valence-electron chi connectivity index (χ1n) is 5.08. The monoisotopic (exact) mass is 178 g/mol. The molecule has 0 atom stereocenters. The zero-order chi connectivity index (χ0) is 9.68. The summed E-state index contributed by atoms with van der Waals surface area (Å²) < 4.78 is 0. The summed E-state index contributed by atoms with van der Waals surface area (Å²) in [6.45, 7) is 4.35. The zero-order valence-corrected chi connectivity index (χ0v) is 8.51. The van der Waals surface area contributed by atoms with Gasteiger partial charge in [0.25, 0.3) is 0 Å². The number of benzene rings is 1. The van der Waals surface area contributed by atoms with E-state index in [-0.39, 0.29) is 0 Å². The molecule has 1 rings (SSSR count). The lowest BCUT2D eigenvalue weighted by Crippen LogP contribution is -1.93. The van der Waals surface area contributed by atoms with Crippen molar-refractivity contribution in [3.63, 3.8) is 0 Å². The van der Waals surface area contributed by atoms with Crippen LogP contribution in [0.25, 0.3) is 0 Å². The fraction of sp³-hybridized carbons (Fsp3) is 0.500. The van der Waals surface area contributed by atoms with Gasteiger partial charge in [-0.1, -0.05) is 32.8 Å². The minimum atomic E-state index is 0.392. The molecule has 0 aliphatic rings. The minimum Gasteiger partial charge on any atom is -0.508 e. The molecule has 0 saturated heterocycles. The summed E-state index contributed by atoms with van der Waals surface area (Å²) in [5, 5.41) is 9.33. The second kappa shape index (κ2) is 4.90. The van der Waals surface area contributed by atoms with E-state index in [1.165, 1.54) is 17.5 Å². The van der Waals surface area contributed by atoms with E-state index in [9.17, 15) is 5.11 Å². The number of phenols is 1. The molecule has 0 fully saturated rings. The summed E-state index contributed by atoms with van der Waals surface area (Å²) in [5.41, 5.74) is 2.70. The summed E-state index contributed by atoms with van der Waals surface area (Å²) in [4.78, 5) is 0. The van der Waals surface area contributed by atoms with Gasteiger partial charge in [-0.15, -0.1) is 0 Å². The fourth-order valence-corrected chi connectivity index (χ4v) is 1.63. The molecule has 0 aliphatic carbocycles. The second-order valence-corrected chi connectivity index (χ2v) is 3.45. The summed E-state index contributed by atoms with van der Waals surface area (Å²) in [6, 6.07) is 5.72. The third-order valence-corrected chi connectivity index (χ3v) is 2.23. The highest BCUT2D eigenvalue weighted by molar-refractivity contribution is 5.35. The highest BCUT2D eigenvalue weighted by Gasteiger charge is 2.01. The van der Waals surface area contributed by atoms with E-state index in [0.717, 1.165) is 19.3 Å². The molecule has 0 unspecified atom stereocenters. The SMILES string of the molecule is CCCc1ccc(O)cc1CCC. The summed E-state index contributed by atoms with van der Waals surface area (Å²) >= 11 is 0. The molecule has 1 heteroatoms. The molecule has 13 heavy (non-hydrogen) atoms. The number of hydrogen-bond acceptors (Lipinski definition) is 1. The Hall–Kier alpha value is -0.980. The molecule has 1 aromatic rings. The van der Waals surface area contributed by atoms with Gasteiger partial charge < -0.3 is 5.11 Å². The van der Waals surface area contributed by atoms with Crippen molar-refractivity contribution in [3.05, 3.63) is 29.3 Å². The average molecular weight is 178 g/mol. The molecular weight excluding hydrogens is 160 g/mol. The lowest BCUT2D eigenvalue weighted by atomic mass is 9.99. The normalized spacial score (nSPS) is 10.3. The number of hydrogen-bond donors (Lipinski definition) is 1. The Morgan fingerprint density at radius 3 is 2.23 bits per heavy atom. The average Bonchev–Trinajstić information content (AvgIpc) is 2.10. The summed E-state index contributed by atoms with van der Waals surface area (Å²) in [5.74, 6) is 0.392. The van der Waals surface area contributed by atoms with E-state index < -0.39 is 0 Å². The van der Waals surface area contributed by atoms with Crippen LogP contribution in [-0.4, -0.2) is 5.11 Å². The molecular formula is C12H18O. The van der Waals surface area contributed by atoms with Gasteiger partial charge in [0.15, 0.2) is 0 Å². The van der Waals surface area contributed by atoms with Gasteiger partial charge in [0.1, 0.15) is 5.75 Å². The van der Waals surface area contributed by atoms with Crippen LogP contribution in [0.2, 0.25) is 0 Å². The van der Waals surface area contributed by atoms with Crippen molar-refractivity contribution in [2.24, 2.45) is 0 Å². The Kier molecular flexibility index (Phi) is 3.81. The van der Waals surface area contributed by atoms with E-state index in [2.05, 4.69) is 13.8 Å². The Balaban J connectivity index is 2.89. The van der Waals surface area contributed by atoms with Crippen LogP contribution in [0.5, 0.6) is 5.75 Å². The predicted octanol–water partition coefficient (Wildman–Crippen LogP) is 3.30. The summed E-state index contributed by atoms with van der Waals surface area (Å²) in [7, 11) is 0. The predicted molar refractivity (Wildman–Crippen MR) is 56.1 cm³/mol. The van der Waals surface area contributed by atoms with Gasteiger partial charge >= 0.3 is 0 Å². The highest BCUT2D eigenvalue weighted by Crippen LogP contribution is 2.19. The maximum absolute atomic E-state index is 9.33. The van der Waals surface area contributed by atoms with Crippen LogP contribution >= 0.6 is 0 Å². The topological polar surface area (TPSA) is 20.2 Å². The highest BCUT2D eigenvalue weighted by atomic mass is 16.3. The van der Waals surface area contributed by atoms with Crippen molar-refractivity contribution in [1.29, 1.82) is 0 Å². The van der Waals surface area contributed by atoms with Crippen LogP contribution < -0.4 is 0 Å². The van der Waals surface area contributed by atoms with Crippen molar-refractivity contribution in [3.8, 4) is 5.75 Å². The van der Waals surface area contributed by atoms with Gasteiger partial charge in [0.05, 0.1) is 0 Å². The standard InChI is InChI=1S/C12H18O/c1-3-5-10-7-8-12(13)9-11(10)6-4-2/h7-9,13H,3-6H2,1-2H3. The van der Waals surface area contributed by atoms with E-state index in [4.69, 9.17) is 0 Å². The smallest absolute Gasteiger partial charge is 0.115 e. The molecule has 1 nitrogen and oxygen atoms in total. The molecule has 0 amide bonds. The first kappa shape index (κ1) is 10.1. The quantitative estimate of drug-likeness (QED) is 0.750. The van der Waals surface area contributed by atoms with Gasteiger partial charge in [-0.3, -0.25) is 0 Å². The van der Waals surface area contributed by atoms with E-state index in [1.807, 2.05) is 12.1 Å². The Labute approximate surface area is 80.4 Å². The van der Waals surface area contributed by atoms with Gasteiger partial charge in [-0.25, -0.2) is 0 Å². The molecule has 1 aromatic carbocycles. The molecule has 0 aromatic heterocycles. The van der Waals surface area contributed by atoms with Crippen LogP contribution in [0.15, 0.2) is 18.2 Å². The third-order valence-electron chi connectivity index (χ3n) is 2.23. The van der Waals surface area contributed by atoms with Crippen LogP contribution in [0.1, 0.15) is 37.8 Å². The maximum atomic E-state index is 9.33. The van der Waals surface area contributed by atoms with E-state index in [1.54, 1.807) is 6.07 Å². The fourth-order valence-electron chi connectivity index (χ4n) is 1.63. The van der Waals surface area contributed by atoms with Gasteiger partial charge in [0.2, 0.25) is 0 Å². The Bertz CT molecular complexity index is 266. The number of rotatable bonds is 4. The largest absolute Gasteiger partial charge is 0.508 e. The van der Waals surface area contributed by atoms with Gasteiger partial charge in [-0.05, 0) is 36.1 Å². The van der Waals surface area contributed by atoms with Crippen molar-refractivity contribution in [2.75, 3.05) is 0 Å². The van der Waals surface area contributed by atoms with Crippen molar-refractivity contribution < 1.29 is 5.11 Å². The molecule has 72 valence electrons. The third kappa shape index (κ3) is 2.76. The van der Waals surface area contributed by atoms with E-state index >= 15 is 0 Å². The van der Waals surface area contributed by atoms with Gasteiger partial charge in [0, 0.05) is 0 Å². The first-order chi connectivity index (χ1) is 6.27. The molecule has 1 N–H and O–H groups in total. The van der Waals surface area contributed by atoms with Crippen LogP contribution in [0.4, 0.5) is 0 Å². The lowest BCUT2D eigenvalue weighted by molar-refractivity contribution is 0.474. The van der Waals surface area contributed by atoms with Gasteiger partial charge in [-0.2, -0.15) is 0 Å².